The average Bonchev–Trinajstić information content (AvgIpc) is 3.21. The van der Waals surface area contributed by atoms with Crippen LogP contribution in [0.3, 0.4) is 0 Å². The van der Waals surface area contributed by atoms with E-state index in [-0.39, 0.29) is 11.6 Å². The van der Waals surface area contributed by atoms with Gasteiger partial charge in [-0.1, -0.05) is 19.1 Å². The van der Waals surface area contributed by atoms with Crippen LogP contribution in [0.2, 0.25) is 0 Å². The van der Waals surface area contributed by atoms with Gasteiger partial charge in [0, 0.05) is 22.8 Å². The van der Waals surface area contributed by atoms with Gasteiger partial charge in [0.15, 0.2) is 0 Å². The maximum Gasteiger partial charge on any atom is 0.273 e. The molecule has 1 aromatic heterocycles. The number of furan rings is 1. The Balaban J connectivity index is 1.62. The highest BCUT2D eigenvalue weighted by atomic mass is 16.6. The number of nitrogens with zero attached hydrogens (tertiary/aromatic N) is 2. The van der Waals surface area contributed by atoms with Crippen LogP contribution in [0.15, 0.2) is 64.1 Å². The molecule has 0 atom stereocenters. The number of carbonyl (C=O) groups is 1. The average molecular weight is 407 g/mol. The Kier molecular flexibility index (Phi) is 6.59. The van der Waals surface area contributed by atoms with E-state index in [0.29, 0.717) is 40.6 Å². The van der Waals surface area contributed by atoms with E-state index >= 15 is 0 Å². The molecule has 0 radical (unpaired) electrons. The Morgan fingerprint density at radius 3 is 2.67 bits per heavy atom. The fraction of sp³-hybridized carbons (Fsp3) is 0.182. The molecule has 8 heteroatoms. The Morgan fingerprint density at radius 2 is 1.97 bits per heavy atom. The van der Waals surface area contributed by atoms with Crippen LogP contribution in [0.25, 0.3) is 11.3 Å². The lowest BCUT2D eigenvalue weighted by atomic mass is 10.1. The maximum absolute atomic E-state index is 12.2. The van der Waals surface area contributed by atoms with Crippen LogP contribution in [-0.2, 0) is 0 Å². The van der Waals surface area contributed by atoms with Gasteiger partial charge in [0.1, 0.15) is 17.3 Å². The van der Waals surface area contributed by atoms with Crippen molar-refractivity contribution in [3.05, 3.63) is 81.6 Å². The molecule has 0 saturated heterocycles. The van der Waals surface area contributed by atoms with Crippen molar-refractivity contribution >= 4 is 17.8 Å². The van der Waals surface area contributed by atoms with Crippen molar-refractivity contribution in [3.8, 4) is 17.1 Å². The summed E-state index contributed by atoms with van der Waals surface area (Å²) in [6.07, 6.45) is 2.27. The Morgan fingerprint density at radius 1 is 1.20 bits per heavy atom. The van der Waals surface area contributed by atoms with E-state index in [4.69, 9.17) is 9.15 Å². The van der Waals surface area contributed by atoms with E-state index in [0.717, 1.165) is 6.42 Å². The van der Waals surface area contributed by atoms with Crippen molar-refractivity contribution in [1.29, 1.82) is 0 Å². The molecule has 0 aliphatic rings. The van der Waals surface area contributed by atoms with Crippen LogP contribution in [0, 0.1) is 17.0 Å². The topological polar surface area (TPSA) is 107 Å². The lowest BCUT2D eigenvalue weighted by Crippen LogP contribution is -2.17. The summed E-state index contributed by atoms with van der Waals surface area (Å²) < 4.78 is 11.1. The third kappa shape index (κ3) is 5.11. The van der Waals surface area contributed by atoms with E-state index in [1.54, 1.807) is 55.5 Å². The molecule has 3 rings (SSSR count). The molecule has 1 heterocycles. The van der Waals surface area contributed by atoms with Crippen molar-refractivity contribution in [1.82, 2.24) is 5.43 Å². The van der Waals surface area contributed by atoms with Gasteiger partial charge in [0.2, 0.25) is 0 Å². The third-order valence-corrected chi connectivity index (χ3v) is 4.26. The molecule has 0 spiro atoms. The fourth-order valence-corrected chi connectivity index (χ4v) is 2.68. The summed E-state index contributed by atoms with van der Waals surface area (Å²) in [7, 11) is 0. The summed E-state index contributed by atoms with van der Waals surface area (Å²) in [6, 6.07) is 15.0. The summed E-state index contributed by atoms with van der Waals surface area (Å²) in [4.78, 5) is 22.8. The number of ether oxygens (including phenoxy) is 1. The molecule has 154 valence electrons. The van der Waals surface area contributed by atoms with Gasteiger partial charge < -0.3 is 9.15 Å². The number of benzene rings is 2. The smallest absolute Gasteiger partial charge is 0.273 e. The van der Waals surface area contributed by atoms with Crippen LogP contribution < -0.4 is 10.2 Å². The molecule has 0 aliphatic heterocycles. The molecule has 2 aromatic carbocycles. The second-order valence-corrected chi connectivity index (χ2v) is 6.53. The highest BCUT2D eigenvalue weighted by Gasteiger charge is 2.13. The number of nitro benzene ring substituents is 1. The van der Waals surface area contributed by atoms with Gasteiger partial charge >= 0.3 is 0 Å². The van der Waals surface area contributed by atoms with Crippen molar-refractivity contribution < 1.29 is 18.9 Å². The molecule has 0 bridgehead atoms. The van der Waals surface area contributed by atoms with Crippen LogP contribution in [0.5, 0.6) is 5.75 Å². The molecule has 0 saturated carbocycles. The minimum Gasteiger partial charge on any atom is -0.494 e. The van der Waals surface area contributed by atoms with Crippen molar-refractivity contribution in [2.45, 2.75) is 20.3 Å². The number of amides is 1. The van der Waals surface area contributed by atoms with E-state index in [1.807, 2.05) is 6.92 Å². The molecule has 0 fully saturated rings. The first-order chi connectivity index (χ1) is 14.5. The Labute approximate surface area is 173 Å². The van der Waals surface area contributed by atoms with Crippen LogP contribution in [0.1, 0.15) is 35.0 Å². The molecule has 3 aromatic rings. The number of rotatable bonds is 8. The molecule has 0 unspecified atom stereocenters. The van der Waals surface area contributed by atoms with Gasteiger partial charge in [-0.3, -0.25) is 14.9 Å². The lowest BCUT2D eigenvalue weighted by molar-refractivity contribution is -0.385. The van der Waals surface area contributed by atoms with Gasteiger partial charge in [-0.15, -0.1) is 0 Å². The quantitative estimate of drug-likeness (QED) is 0.330. The van der Waals surface area contributed by atoms with Gasteiger partial charge in [0.05, 0.1) is 17.7 Å². The zero-order valence-electron chi connectivity index (χ0n) is 16.6. The first-order valence-corrected chi connectivity index (χ1v) is 9.39. The van der Waals surface area contributed by atoms with Gasteiger partial charge in [-0.05, 0) is 49.7 Å². The van der Waals surface area contributed by atoms with Crippen LogP contribution in [-0.4, -0.2) is 23.7 Å². The van der Waals surface area contributed by atoms with Crippen molar-refractivity contribution in [2.75, 3.05) is 6.61 Å². The maximum atomic E-state index is 12.2. The number of hydrogen-bond donors (Lipinski definition) is 1. The number of nitro groups is 1. The van der Waals surface area contributed by atoms with Crippen molar-refractivity contribution in [3.63, 3.8) is 0 Å². The Bertz CT molecular complexity index is 1070. The lowest BCUT2D eigenvalue weighted by Gasteiger charge is -2.05. The first kappa shape index (κ1) is 20.8. The second-order valence-electron chi connectivity index (χ2n) is 6.53. The number of hydrazone groups is 1. The van der Waals surface area contributed by atoms with E-state index in [2.05, 4.69) is 10.5 Å². The molecule has 0 aliphatic carbocycles. The minimum atomic E-state index is -0.428. The second kappa shape index (κ2) is 9.51. The van der Waals surface area contributed by atoms with Crippen molar-refractivity contribution in [2.24, 2.45) is 5.10 Å². The zero-order valence-corrected chi connectivity index (χ0v) is 16.6. The molecule has 8 nitrogen and oxygen atoms in total. The molecular weight excluding hydrogens is 386 g/mol. The first-order valence-electron chi connectivity index (χ1n) is 9.39. The highest BCUT2D eigenvalue weighted by Crippen LogP contribution is 2.27. The molecule has 1 N–H and O–H groups in total. The van der Waals surface area contributed by atoms with E-state index < -0.39 is 4.92 Å². The SMILES string of the molecule is CCCOc1ccc(C(=O)N/N=C/c2ccc(-c3ccc(C)c([N+](=O)[O-])c3)o2)cc1. The number of nitrogens with one attached hydrogen (secondary N) is 1. The largest absolute Gasteiger partial charge is 0.494 e. The van der Waals surface area contributed by atoms with E-state index in [1.165, 1.54) is 12.3 Å². The monoisotopic (exact) mass is 407 g/mol. The van der Waals surface area contributed by atoms with Gasteiger partial charge in [-0.25, -0.2) is 5.43 Å². The van der Waals surface area contributed by atoms with Crippen LogP contribution in [0.4, 0.5) is 5.69 Å². The fourth-order valence-electron chi connectivity index (χ4n) is 2.68. The molecule has 30 heavy (non-hydrogen) atoms. The zero-order chi connectivity index (χ0) is 21.5. The van der Waals surface area contributed by atoms with Gasteiger partial charge in [-0.2, -0.15) is 5.10 Å². The molecule has 1 amide bonds. The predicted molar refractivity (Wildman–Crippen MR) is 113 cm³/mol. The third-order valence-electron chi connectivity index (χ3n) is 4.26. The summed E-state index contributed by atoms with van der Waals surface area (Å²) in [5, 5.41) is 15.0. The Hall–Kier alpha value is -3.94. The summed E-state index contributed by atoms with van der Waals surface area (Å²) in [5.41, 5.74) is 4.06. The number of aryl methyl sites for hydroxylation is 1. The predicted octanol–water partition coefficient (Wildman–Crippen LogP) is 4.72. The molecular formula is C22H21N3O5. The van der Waals surface area contributed by atoms with Gasteiger partial charge in [0.25, 0.3) is 11.6 Å². The normalized spacial score (nSPS) is 10.9. The number of carbonyl (C=O) groups excluding carboxylic acids is 1. The van der Waals surface area contributed by atoms with E-state index in [9.17, 15) is 14.9 Å². The summed E-state index contributed by atoms with van der Waals surface area (Å²) >= 11 is 0. The summed E-state index contributed by atoms with van der Waals surface area (Å²) in [5.74, 6) is 1.20. The highest BCUT2D eigenvalue weighted by molar-refractivity contribution is 5.94. The summed E-state index contributed by atoms with van der Waals surface area (Å²) in [6.45, 7) is 4.32. The number of hydrogen-bond acceptors (Lipinski definition) is 6. The minimum absolute atomic E-state index is 0.0255. The standard InChI is InChI=1S/C22H21N3O5/c1-3-12-29-18-8-6-16(7-9-18)22(26)24-23-14-19-10-11-21(30-19)17-5-4-15(2)20(13-17)25(27)28/h4-11,13-14H,3,12H2,1-2H3,(H,24,26)/b23-14+. The van der Waals surface area contributed by atoms with Crippen LogP contribution >= 0.6 is 0 Å².